The van der Waals surface area contributed by atoms with Crippen LogP contribution in [0.2, 0.25) is 0 Å². The number of hydrogen-bond donors (Lipinski definition) is 2. The molecule has 0 fully saturated rings. The molecule has 3 aromatic rings. The van der Waals surface area contributed by atoms with Gasteiger partial charge in [0, 0.05) is 11.4 Å². The molecule has 0 aliphatic rings. The van der Waals surface area contributed by atoms with Crippen molar-refractivity contribution in [3.05, 3.63) is 72.3 Å². The van der Waals surface area contributed by atoms with Crippen molar-refractivity contribution >= 4 is 11.4 Å². The molecule has 0 atom stereocenters. The van der Waals surface area contributed by atoms with Crippen molar-refractivity contribution in [2.45, 2.75) is 6.18 Å². The predicted octanol–water partition coefficient (Wildman–Crippen LogP) is 5.20. The number of hydrogen-bond acceptors (Lipinski definition) is 2. The summed E-state index contributed by atoms with van der Waals surface area (Å²) in [4.78, 5) is 0. The highest BCUT2D eigenvalue weighted by molar-refractivity contribution is 5.87. The third-order valence-electron chi connectivity index (χ3n) is 3.76. The molecule has 4 N–H and O–H groups in total. The van der Waals surface area contributed by atoms with E-state index in [1.54, 1.807) is 48.5 Å². The first kappa shape index (κ1) is 15.9. The summed E-state index contributed by atoms with van der Waals surface area (Å²) in [5.41, 5.74) is 13.9. The molecule has 0 saturated carbocycles. The van der Waals surface area contributed by atoms with E-state index in [9.17, 15) is 13.2 Å². The van der Waals surface area contributed by atoms with Crippen LogP contribution < -0.4 is 11.5 Å². The van der Waals surface area contributed by atoms with Gasteiger partial charge in [-0.1, -0.05) is 36.4 Å². The Morgan fingerprint density at radius 3 is 2.04 bits per heavy atom. The Bertz CT molecular complexity index is 886. The average molecular weight is 328 g/mol. The Balaban J connectivity index is 2.28. The van der Waals surface area contributed by atoms with E-state index in [4.69, 9.17) is 11.5 Å². The van der Waals surface area contributed by atoms with Gasteiger partial charge in [0.2, 0.25) is 0 Å². The first-order valence-corrected chi connectivity index (χ1v) is 7.28. The van der Waals surface area contributed by atoms with Gasteiger partial charge >= 0.3 is 6.18 Å². The molecule has 2 nitrogen and oxygen atoms in total. The molecular weight excluding hydrogens is 313 g/mol. The van der Waals surface area contributed by atoms with Crippen molar-refractivity contribution in [3.63, 3.8) is 0 Å². The lowest BCUT2D eigenvalue weighted by molar-refractivity contribution is -0.137. The predicted molar refractivity (Wildman–Crippen MR) is 91.1 cm³/mol. The zero-order chi connectivity index (χ0) is 17.3. The number of alkyl halides is 3. The molecule has 0 aromatic heterocycles. The van der Waals surface area contributed by atoms with E-state index in [0.29, 0.717) is 28.1 Å². The van der Waals surface area contributed by atoms with Gasteiger partial charge in [0.05, 0.1) is 5.56 Å². The summed E-state index contributed by atoms with van der Waals surface area (Å²) < 4.78 is 40.1. The number of nitrogens with two attached hydrogens (primary N) is 2. The van der Waals surface area contributed by atoms with E-state index in [-0.39, 0.29) is 5.56 Å². The van der Waals surface area contributed by atoms with E-state index in [1.165, 1.54) is 12.1 Å². The maximum absolute atomic E-state index is 13.4. The zero-order valence-electron chi connectivity index (χ0n) is 12.6. The third-order valence-corrected chi connectivity index (χ3v) is 3.76. The highest BCUT2D eigenvalue weighted by Gasteiger charge is 2.33. The first-order chi connectivity index (χ1) is 11.4. The fourth-order valence-electron chi connectivity index (χ4n) is 2.71. The minimum atomic E-state index is -4.44. The maximum atomic E-state index is 13.4. The molecule has 122 valence electrons. The summed E-state index contributed by atoms with van der Waals surface area (Å²) in [5, 5.41) is 0. The van der Waals surface area contributed by atoms with Crippen LogP contribution in [0.1, 0.15) is 5.56 Å². The Hall–Kier alpha value is -2.95. The summed E-state index contributed by atoms with van der Waals surface area (Å²) >= 11 is 0. The SMILES string of the molecule is Nc1cccc(-c2cc(N)ccc2-c2ccccc2C(F)(F)F)c1. The van der Waals surface area contributed by atoms with Gasteiger partial charge in [-0.3, -0.25) is 0 Å². The average Bonchev–Trinajstić information content (AvgIpc) is 2.54. The first-order valence-electron chi connectivity index (χ1n) is 7.28. The summed E-state index contributed by atoms with van der Waals surface area (Å²) in [5.74, 6) is 0. The fourth-order valence-corrected chi connectivity index (χ4v) is 2.71. The molecule has 0 bridgehead atoms. The van der Waals surface area contributed by atoms with Crippen LogP contribution in [-0.2, 0) is 6.18 Å². The fraction of sp³-hybridized carbons (Fsp3) is 0.0526. The molecule has 5 heteroatoms. The van der Waals surface area contributed by atoms with Crippen molar-refractivity contribution in [1.82, 2.24) is 0 Å². The van der Waals surface area contributed by atoms with E-state index in [1.807, 2.05) is 0 Å². The number of rotatable bonds is 2. The van der Waals surface area contributed by atoms with Crippen LogP contribution in [0.5, 0.6) is 0 Å². The quantitative estimate of drug-likeness (QED) is 0.635. The Morgan fingerprint density at radius 2 is 1.33 bits per heavy atom. The van der Waals surface area contributed by atoms with Crippen molar-refractivity contribution in [2.24, 2.45) is 0 Å². The summed E-state index contributed by atoms with van der Waals surface area (Å²) in [6.45, 7) is 0. The third kappa shape index (κ3) is 3.06. The number of benzene rings is 3. The van der Waals surface area contributed by atoms with Crippen LogP contribution in [0.25, 0.3) is 22.3 Å². The van der Waals surface area contributed by atoms with E-state index in [0.717, 1.165) is 6.07 Å². The standard InChI is InChI=1S/C19H15F3N2/c20-19(21,22)18-7-2-1-6-16(18)15-9-8-14(24)11-17(15)12-4-3-5-13(23)10-12/h1-11H,23-24H2. The smallest absolute Gasteiger partial charge is 0.399 e. The molecule has 24 heavy (non-hydrogen) atoms. The minimum Gasteiger partial charge on any atom is -0.399 e. The van der Waals surface area contributed by atoms with Gasteiger partial charge in [0.15, 0.2) is 0 Å². The van der Waals surface area contributed by atoms with E-state index < -0.39 is 11.7 Å². The number of nitrogen functional groups attached to an aromatic ring is 2. The lowest BCUT2D eigenvalue weighted by Gasteiger charge is -2.17. The second-order valence-electron chi connectivity index (χ2n) is 5.47. The van der Waals surface area contributed by atoms with Gasteiger partial charge in [-0.15, -0.1) is 0 Å². The number of anilines is 2. The highest BCUT2D eigenvalue weighted by Crippen LogP contribution is 2.41. The molecular formula is C19H15F3N2. The van der Waals surface area contributed by atoms with Crippen molar-refractivity contribution in [3.8, 4) is 22.3 Å². The zero-order valence-corrected chi connectivity index (χ0v) is 12.6. The van der Waals surface area contributed by atoms with Crippen LogP contribution in [0.15, 0.2) is 66.7 Å². The van der Waals surface area contributed by atoms with E-state index >= 15 is 0 Å². The molecule has 0 unspecified atom stereocenters. The van der Waals surface area contributed by atoms with Gasteiger partial charge in [-0.25, -0.2) is 0 Å². The molecule has 0 amide bonds. The Morgan fingerprint density at radius 1 is 0.625 bits per heavy atom. The molecule has 0 radical (unpaired) electrons. The number of halogens is 3. The summed E-state index contributed by atoms with van der Waals surface area (Å²) in [6.07, 6.45) is -4.44. The van der Waals surface area contributed by atoms with Gasteiger partial charge < -0.3 is 11.5 Å². The van der Waals surface area contributed by atoms with Crippen LogP contribution >= 0.6 is 0 Å². The van der Waals surface area contributed by atoms with Gasteiger partial charge in [0.1, 0.15) is 0 Å². The lowest BCUT2D eigenvalue weighted by Crippen LogP contribution is -2.07. The van der Waals surface area contributed by atoms with Gasteiger partial charge in [0.25, 0.3) is 0 Å². The van der Waals surface area contributed by atoms with Crippen molar-refractivity contribution in [1.29, 1.82) is 0 Å². The van der Waals surface area contributed by atoms with Crippen LogP contribution in [0.4, 0.5) is 24.5 Å². The summed E-state index contributed by atoms with van der Waals surface area (Å²) in [7, 11) is 0. The molecule has 0 heterocycles. The molecule has 3 aromatic carbocycles. The molecule has 3 rings (SSSR count). The van der Waals surface area contributed by atoms with Crippen molar-refractivity contribution in [2.75, 3.05) is 11.5 Å². The Kier molecular flexibility index (Phi) is 3.93. The van der Waals surface area contributed by atoms with Crippen molar-refractivity contribution < 1.29 is 13.2 Å². The van der Waals surface area contributed by atoms with Crippen LogP contribution in [0, 0.1) is 0 Å². The highest BCUT2D eigenvalue weighted by atomic mass is 19.4. The molecule has 0 aliphatic carbocycles. The van der Waals surface area contributed by atoms with Crippen LogP contribution in [0.3, 0.4) is 0 Å². The molecule has 0 saturated heterocycles. The normalized spacial score (nSPS) is 11.5. The van der Waals surface area contributed by atoms with Crippen LogP contribution in [-0.4, -0.2) is 0 Å². The second kappa shape index (κ2) is 5.92. The van der Waals surface area contributed by atoms with Gasteiger partial charge in [-0.2, -0.15) is 13.2 Å². The van der Waals surface area contributed by atoms with Gasteiger partial charge in [-0.05, 0) is 52.6 Å². The maximum Gasteiger partial charge on any atom is 0.417 e. The molecule has 0 spiro atoms. The second-order valence-corrected chi connectivity index (χ2v) is 5.47. The lowest BCUT2D eigenvalue weighted by atomic mass is 9.91. The summed E-state index contributed by atoms with van der Waals surface area (Å²) in [6, 6.07) is 17.4. The Labute approximate surface area is 137 Å². The monoisotopic (exact) mass is 328 g/mol. The molecule has 0 aliphatic heterocycles. The largest absolute Gasteiger partial charge is 0.417 e. The van der Waals surface area contributed by atoms with E-state index in [2.05, 4.69) is 0 Å². The minimum absolute atomic E-state index is 0.113. The topological polar surface area (TPSA) is 52.0 Å².